The van der Waals surface area contributed by atoms with Gasteiger partial charge >= 0.3 is 0 Å². The zero-order valence-electron chi connectivity index (χ0n) is 11.8. The summed E-state index contributed by atoms with van der Waals surface area (Å²) in [5, 5.41) is 13.8. The van der Waals surface area contributed by atoms with E-state index < -0.39 is 0 Å². The number of aromatic nitrogens is 1. The van der Waals surface area contributed by atoms with E-state index >= 15 is 0 Å². The van der Waals surface area contributed by atoms with Gasteiger partial charge in [0.1, 0.15) is 0 Å². The Morgan fingerprint density at radius 3 is 2.95 bits per heavy atom. The van der Waals surface area contributed by atoms with E-state index in [1.807, 2.05) is 24.3 Å². The lowest BCUT2D eigenvalue weighted by Crippen LogP contribution is -2.23. The minimum Gasteiger partial charge on any atom is -0.383 e. The van der Waals surface area contributed by atoms with Gasteiger partial charge in [0, 0.05) is 29.6 Å². The molecule has 1 N–H and O–H groups in total. The SMILES string of the molecule is CC(C)(CCC#N)CNc1cc(Cl)cc2cccnc12. The molecule has 0 aliphatic heterocycles. The number of anilines is 1. The van der Waals surface area contributed by atoms with Gasteiger partial charge in [-0.2, -0.15) is 5.26 Å². The summed E-state index contributed by atoms with van der Waals surface area (Å²) in [5.74, 6) is 0. The van der Waals surface area contributed by atoms with Gasteiger partial charge in [0.05, 0.1) is 17.3 Å². The van der Waals surface area contributed by atoms with Crippen LogP contribution in [-0.2, 0) is 0 Å². The second kappa shape index (κ2) is 6.11. The maximum absolute atomic E-state index is 8.69. The molecular formula is C16H18ClN3. The number of nitrogens with one attached hydrogen (secondary N) is 1. The fraction of sp³-hybridized carbons (Fsp3) is 0.375. The summed E-state index contributed by atoms with van der Waals surface area (Å²) >= 11 is 6.15. The standard InChI is InChI=1S/C16H18ClN3/c1-16(2,6-4-7-18)11-20-14-10-13(17)9-12-5-3-8-19-15(12)14/h3,5,8-10,20H,4,6,11H2,1-2H3. The molecule has 0 aliphatic rings. The molecule has 20 heavy (non-hydrogen) atoms. The number of halogens is 1. The molecule has 3 nitrogen and oxygen atoms in total. The highest BCUT2D eigenvalue weighted by Gasteiger charge is 2.17. The molecule has 0 atom stereocenters. The molecule has 0 saturated heterocycles. The fourth-order valence-corrected chi connectivity index (χ4v) is 2.33. The van der Waals surface area contributed by atoms with E-state index in [1.54, 1.807) is 6.20 Å². The number of pyridine rings is 1. The van der Waals surface area contributed by atoms with E-state index in [-0.39, 0.29) is 5.41 Å². The van der Waals surface area contributed by atoms with Crippen molar-refractivity contribution in [2.75, 3.05) is 11.9 Å². The molecule has 0 radical (unpaired) electrons. The van der Waals surface area contributed by atoms with Crippen molar-refractivity contribution in [3.8, 4) is 6.07 Å². The lowest BCUT2D eigenvalue weighted by atomic mass is 9.88. The van der Waals surface area contributed by atoms with Gasteiger partial charge in [-0.1, -0.05) is 31.5 Å². The first-order valence-corrected chi connectivity index (χ1v) is 7.05. The van der Waals surface area contributed by atoms with Crippen LogP contribution in [0.3, 0.4) is 0 Å². The van der Waals surface area contributed by atoms with Crippen LogP contribution < -0.4 is 5.32 Å². The monoisotopic (exact) mass is 287 g/mol. The number of rotatable bonds is 5. The molecule has 0 saturated carbocycles. The van der Waals surface area contributed by atoms with Crippen LogP contribution in [0.25, 0.3) is 10.9 Å². The third-order valence-electron chi connectivity index (χ3n) is 3.34. The second-order valence-corrected chi connectivity index (χ2v) is 6.14. The van der Waals surface area contributed by atoms with E-state index in [4.69, 9.17) is 16.9 Å². The van der Waals surface area contributed by atoms with Crippen LogP contribution in [0.15, 0.2) is 30.5 Å². The Balaban J connectivity index is 2.20. The summed E-state index contributed by atoms with van der Waals surface area (Å²) in [5.41, 5.74) is 1.92. The van der Waals surface area contributed by atoms with Crippen LogP contribution >= 0.6 is 11.6 Å². The normalized spacial score (nSPS) is 11.3. The minimum atomic E-state index is 0.0547. The van der Waals surface area contributed by atoms with Crippen molar-refractivity contribution in [3.05, 3.63) is 35.5 Å². The highest BCUT2D eigenvalue weighted by atomic mass is 35.5. The summed E-state index contributed by atoms with van der Waals surface area (Å²) in [6.07, 6.45) is 3.22. The van der Waals surface area contributed by atoms with Crippen molar-refractivity contribution in [2.24, 2.45) is 5.41 Å². The number of nitriles is 1. The summed E-state index contributed by atoms with van der Waals surface area (Å²) < 4.78 is 0. The molecule has 1 aromatic carbocycles. The van der Waals surface area contributed by atoms with Crippen molar-refractivity contribution in [3.63, 3.8) is 0 Å². The van der Waals surface area contributed by atoms with E-state index in [0.717, 1.165) is 29.6 Å². The van der Waals surface area contributed by atoms with Crippen LogP contribution in [0.5, 0.6) is 0 Å². The van der Waals surface area contributed by atoms with Gasteiger partial charge in [-0.3, -0.25) is 4.98 Å². The van der Waals surface area contributed by atoms with Crippen molar-refractivity contribution in [1.82, 2.24) is 4.98 Å². The predicted molar refractivity (Wildman–Crippen MR) is 83.9 cm³/mol. The van der Waals surface area contributed by atoms with Gasteiger partial charge in [0.2, 0.25) is 0 Å². The Hall–Kier alpha value is -1.79. The first-order chi connectivity index (χ1) is 9.52. The lowest BCUT2D eigenvalue weighted by Gasteiger charge is -2.24. The van der Waals surface area contributed by atoms with Crippen LogP contribution in [0.1, 0.15) is 26.7 Å². The summed E-state index contributed by atoms with van der Waals surface area (Å²) in [4.78, 5) is 4.41. The highest BCUT2D eigenvalue weighted by molar-refractivity contribution is 6.31. The van der Waals surface area contributed by atoms with Crippen molar-refractivity contribution in [2.45, 2.75) is 26.7 Å². The molecule has 4 heteroatoms. The zero-order chi connectivity index (χ0) is 14.6. The molecule has 0 fully saturated rings. The van der Waals surface area contributed by atoms with E-state index in [0.29, 0.717) is 11.4 Å². The average Bonchev–Trinajstić information content (AvgIpc) is 2.42. The summed E-state index contributed by atoms with van der Waals surface area (Å²) in [6.45, 7) is 5.08. The van der Waals surface area contributed by atoms with E-state index in [1.165, 1.54) is 0 Å². The Morgan fingerprint density at radius 2 is 2.20 bits per heavy atom. The first-order valence-electron chi connectivity index (χ1n) is 6.67. The van der Waals surface area contributed by atoms with Crippen LogP contribution in [0.4, 0.5) is 5.69 Å². The molecular weight excluding hydrogens is 270 g/mol. The van der Waals surface area contributed by atoms with Gasteiger partial charge < -0.3 is 5.32 Å². The number of fused-ring (bicyclic) bond motifs is 1. The summed E-state index contributed by atoms with van der Waals surface area (Å²) in [6, 6.07) is 9.91. The predicted octanol–water partition coefficient (Wildman–Crippen LogP) is 4.63. The number of hydrogen-bond donors (Lipinski definition) is 1. The lowest BCUT2D eigenvalue weighted by molar-refractivity contribution is 0.364. The molecule has 0 aliphatic carbocycles. The summed E-state index contributed by atoms with van der Waals surface area (Å²) in [7, 11) is 0. The number of hydrogen-bond acceptors (Lipinski definition) is 3. The molecule has 0 amide bonds. The Bertz CT molecular complexity index is 644. The van der Waals surface area contributed by atoms with Crippen molar-refractivity contribution < 1.29 is 0 Å². The number of nitrogens with zero attached hydrogens (tertiary/aromatic N) is 2. The molecule has 2 aromatic rings. The molecule has 0 spiro atoms. The Labute approximate surface area is 124 Å². The second-order valence-electron chi connectivity index (χ2n) is 5.70. The van der Waals surface area contributed by atoms with Crippen molar-refractivity contribution >= 4 is 28.2 Å². The Morgan fingerprint density at radius 1 is 1.40 bits per heavy atom. The quantitative estimate of drug-likeness (QED) is 0.872. The van der Waals surface area contributed by atoms with Crippen LogP contribution in [0, 0.1) is 16.7 Å². The maximum Gasteiger partial charge on any atom is 0.0934 e. The topological polar surface area (TPSA) is 48.7 Å². The van der Waals surface area contributed by atoms with Crippen LogP contribution in [-0.4, -0.2) is 11.5 Å². The number of benzene rings is 1. The zero-order valence-corrected chi connectivity index (χ0v) is 12.5. The molecule has 0 unspecified atom stereocenters. The van der Waals surface area contributed by atoms with Gasteiger partial charge in [0.25, 0.3) is 0 Å². The fourth-order valence-electron chi connectivity index (χ4n) is 2.11. The largest absolute Gasteiger partial charge is 0.383 e. The molecule has 1 aromatic heterocycles. The van der Waals surface area contributed by atoms with Gasteiger partial charge in [-0.25, -0.2) is 0 Å². The Kier molecular flexibility index (Phi) is 4.46. The van der Waals surface area contributed by atoms with Crippen LogP contribution in [0.2, 0.25) is 5.02 Å². The minimum absolute atomic E-state index is 0.0547. The molecule has 0 bridgehead atoms. The average molecular weight is 288 g/mol. The molecule has 104 valence electrons. The van der Waals surface area contributed by atoms with Gasteiger partial charge in [-0.15, -0.1) is 0 Å². The highest BCUT2D eigenvalue weighted by Crippen LogP contribution is 2.28. The third kappa shape index (κ3) is 3.61. The smallest absolute Gasteiger partial charge is 0.0934 e. The molecule has 1 heterocycles. The third-order valence-corrected chi connectivity index (χ3v) is 3.56. The van der Waals surface area contributed by atoms with E-state index in [9.17, 15) is 0 Å². The van der Waals surface area contributed by atoms with Crippen molar-refractivity contribution in [1.29, 1.82) is 5.26 Å². The maximum atomic E-state index is 8.69. The van der Waals surface area contributed by atoms with Gasteiger partial charge in [0.15, 0.2) is 0 Å². The van der Waals surface area contributed by atoms with Gasteiger partial charge in [-0.05, 0) is 30.0 Å². The first kappa shape index (κ1) is 14.6. The van der Waals surface area contributed by atoms with E-state index in [2.05, 4.69) is 30.2 Å². The molecule has 2 rings (SSSR count).